The number of halogens is 1. The van der Waals surface area contributed by atoms with Gasteiger partial charge in [-0.3, -0.25) is 0 Å². The van der Waals surface area contributed by atoms with Crippen molar-refractivity contribution in [1.82, 2.24) is 8.61 Å². The van der Waals surface area contributed by atoms with Crippen LogP contribution in [0.3, 0.4) is 0 Å². The highest BCUT2D eigenvalue weighted by Gasteiger charge is 2.37. The molecule has 0 N–H and O–H groups in total. The van der Waals surface area contributed by atoms with Crippen LogP contribution in [0.25, 0.3) is 0 Å². The van der Waals surface area contributed by atoms with Crippen LogP contribution in [0, 0.1) is 0 Å². The highest BCUT2D eigenvalue weighted by molar-refractivity contribution is 7.86. The van der Waals surface area contributed by atoms with E-state index in [-0.39, 0.29) is 6.04 Å². The molecule has 0 spiro atoms. The van der Waals surface area contributed by atoms with Crippen LogP contribution in [0.15, 0.2) is 0 Å². The van der Waals surface area contributed by atoms with Crippen LogP contribution in [0.1, 0.15) is 32.1 Å². The van der Waals surface area contributed by atoms with Gasteiger partial charge in [-0.25, -0.2) is 0 Å². The van der Waals surface area contributed by atoms with E-state index in [1.54, 1.807) is 8.61 Å². The zero-order chi connectivity index (χ0) is 11.6. The second kappa shape index (κ2) is 5.21. The van der Waals surface area contributed by atoms with Crippen molar-refractivity contribution in [3.05, 3.63) is 0 Å². The van der Waals surface area contributed by atoms with Crippen molar-refractivity contribution < 1.29 is 8.42 Å². The summed E-state index contributed by atoms with van der Waals surface area (Å²) >= 11 is 5.82. The topological polar surface area (TPSA) is 40.6 Å². The van der Waals surface area contributed by atoms with Crippen molar-refractivity contribution in [2.45, 2.75) is 38.1 Å². The lowest BCUT2D eigenvalue weighted by molar-refractivity contribution is 0.301. The molecule has 0 aromatic rings. The number of nitrogens with zero attached hydrogens (tertiary/aromatic N) is 2. The van der Waals surface area contributed by atoms with Gasteiger partial charge >= 0.3 is 0 Å². The third-order valence-electron chi connectivity index (χ3n) is 3.44. The van der Waals surface area contributed by atoms with E-state index in [1.807, 2.05) is 0 Å². The SMILES string of the molecule is O=S(=O)(N1CCCCC1)N1CCCC1CCl. The maximum absolute atomic E-state index is 12.4. The average Bonchev–Trinajstić information content (AvgIpc) is 2.79. The molecule has 0 radical (unpaired) electrons. The minimum atomic E-state index is -3.24. The quantitative estimate of drug-likeness (QED) is 0.725. The molecule has 0 aliphatic carbocycles. The standard InChI is InChI=1S/C10H19ClN2O2S/c11-9-10-5-4-8-13(10)16(14,15)12-6-2-1-3-7-12/h10H,1-9H2. The minimum absolute atomic E-state index is 0.00796. The van der Waals surface area contributed by atoms with E-state index in [2.05, 4.69) is 0 Å². The van der Waals surface area contributed by atoms with Crippen molar-refractivity contribution in [2.24, 2.45) is 0 Å². The third kappa shape index (κ3) is 2.37. The second-order valence-corrected chi connectivity index (χ2v) is 6.72. The summed E-state index contributed by atoms with van der Waals surface area (Å²) < 4.78 is 27.9. The van der Waals surface area contributed by atoms with Crippen LogP contribution in [0.4, 0.5) is 0 Å². The van der Waals surface area contributed by atoms with E-state index >= 15 is 0 Å². The molecule has 0 bridgehead atoms. The van der Waals surface area contributed by atoms with Gasteiger partial charge in [0, 0.05) is 31.6 Å². The second-order valence-electron chi connectivity index (χ2n) is 4.53. The molecule has 2 aliphatic heterocycles. The van der Waals surface area contributed by atoms with Gasteiger partial charge in [0.15, 0.2) is 0 Å². The molecule has 2 saturated heterocycles. The van der Waals surface area contributed by atoms with E-state index in [0.29, 0.717) is 25.5 Å². The summed E-state index contributed by atoms with van der Waals surface area (Å²) in [6.07, 6.45) is 4.95. The van der Waals surface area contributed by atoms with Crippen molar-refractivity contribution in [1.29, 1.82) is 0 Å². The molecule has 2 aliphatic rings. The van der Waals surface area contributed by atoms with Crippen molar-refractivity contribution >= 4 is 21.8 Å². The van der Waals surface area contributed by atoms with Gasteiger partial charge < -0.3 is 0 Å². The molecule has 16 heavy (non-hydrogen) atoms. The maximum Gasteiger partial charge on any atom is 0.282 e. The van der Waals surface area contributed by atoms with Gasteiger partial charge in [0.2, 0.25) is 0 Å². The molecular weight excluding hydrogens is 248 g/mol. The predicted molar refractivity (Wildman–Crippen MR) is 64.8 cm³/mol. The molecule has 0 saturated carbocycles. The van der Waals surface area contributed by atoms with Gasteiger partial charge in [0.1, 0.15) is 0 Å². The molecule has 4 nitrogen and oxygen atoms in total. The summed E-state index contributed by atoms with van der Waals surface area (Å²) in [6.45, 7) is 1.98. The lowest BCUT2D eigenvalue weighted by Crippen LogP contribution is -2.48. The number of hydrogen-bond acceptors (Lipinski definition) is 2. The number of rotatable bonds is 3. The molecule has 1 atom stereocenters. The van der Waals surface area contributed by atoms with Crippen molar-refractivity contribution in [2.75, 3.05) is 25.5 Å². The van der Waals surface area contributed by atoms with Gasteiger partial charge in [-0.05, 0) is 25.7 Å². The van der Waals surface area contributed by atoms with Crippen LogP contribution in [0.5, 0.6) is 0 Å². The molecule has 94 valence electrons. The third-order valence-corrected chi connectivity index (χ3v) is 5.89. The fraction of sp³-hybridized carbons (Fsp3) is 1.00. The van der Waals surface area contributed by atoms with Gasteiger partial charge in [-0.15, -0.1) is 11.6 Å². The number of hydrogen-bond donors (Lipinski definition) is 0. The molecule has 2 fully saturated rings. The molecule has 6 heteroatoms. The summed E-state index contributed by atoms with van der Waals surface area (Å²) in [5.74, 6) is 0.410. The Balaban J connectivity index is 2.11. The monoisotopic (exact) mass is 266 g/mol. The number of alkyl halides is 1. The van der Waals surface area contributed by atoms with Crippen LogP contribution >= 0.6 is 11.6 Å². The van der Waals surface area contributed by atoms with E-state index in [0.717, 1.165) is 32.1 Å². The highest BCUT2D eigenvalue weighted by atomic mass is 35.5. The van der Waals surface area contributed by atoms with E-state index in [9.17, 15) is 8.42 Å². The van der Waals surface area contributed by atoms with Crippen LogP contribution in [-0.4, -0.2) is 48.6 Å². The molecule has 1 unspecified atom stereocenters. The van der Waals surface area contributed by atoms with Gasteiger partial charge in [-0.2, -0.15) is 17.0 Å². The van der Waals surface area contributed by atoms with Crippen LogP contribution in [0.2, 0.25) is 0 Å². The smallest absolute Gasteiger partial charge is 0.195 e. The van der Waals surface area contributed by atoms with E-state index in [4.69, 9.17) is 11.6 Å². The average molecular weight is 267 g/mol. The molecule has 2 rings (SSSR count). The van der Waals surface area contributed by atoms with Crippen molar-refractivity contribution in [3.63, 3.8) is 0 Å². The highest BCUT2D eigenvalue weighted by Crippen LogP contribution is 2.25. The Morgan fingerprint density at radius 3 is 2.38 bits per heavy atom. The zero-order valence-corrected chi connectivity index (χ0v) is 11.0. The molecule has 2 heterocycles. The molecule has 0 amide bonds. The Morgan fingerprint density at radius 2 is 1.75 bits per heavy atom. The van der Waals surface area contributed by atoms with Crippen LogP contribution < -0.4 is 0 Å². The van der Waals surface area contributed by atoms with Gasteiger partial charge in [0.05, 0.1) is 0 Å². The van der Waals surface area contributed by atoms with Crippen LogP contribution in [-0.2, 0) is 10.2 Å². The predicted octanol–water partition coefficient (Wildman–Crippen LogP) is 1.42. The lowest BCUT2D eigenvalue weighted by Gasteiger charge is -2.32. The van der Waals surface area contributed by atoms with E-state index in [1.165, 1.54) is 0 Å². The van der Waals surface area contributed by atoms with E-state index < -0.39 is 10.2 Å². The summed E-state index contributed by atoms with van der Waals surface area (Å²) in [6, 6.07) is 0.00796. The zero-order valence-electron chi connectivity index (χ0n) is 9.44. The molecule has 0 aromatic heterocycles. The number of piperidine rings is 1. The first-order chi connectivity index (χ1) is 7.66. The summed E-state index contributed by atoms with van der Waals surface area (Å²) in [7, 11) is -3.24. The summed E-state index contributed by atoms with van der Waals surface area (Å²) in [5, 5.41) is 0. The van der Waals surface area contributed by atoms with Crippen molar-refractivity contribution in [3.8, 4) is 0 Å². The largest absolute Gasteiger partial charge is 0.282 e. The first kappa shape index (κ1) is 12.6. The lowest BCUT2D eigenvalue weighted by atomic mass is 10.2. The first-order valence-corrected chi connectivity index (χ1v) is 7.92. The maximum atomic E-state index is 12.4. The molecule has 0 aromatic carbocycles. The Hall–Kier alpha value is 0.160. The normalized spacial score (nSPS) is 29.7. The Labute approximate surface area is 103 Å². The fourth-order valence-corrected chi connectivity index (χ4v) is 4.85. The molecular formula is C10H19ClN2O2S. The Morgan fingerprint density at radius 1 is 1.06 bits per heavy atom. The summed E-state index contributed by atoms with van der Waals surface area (Å²) in [4.78, 5) is 0. The Bertz CT molecular complexity index is 328. The van der Waals surface area contributed by atoms with Gasteiger partial charge in [0.25, 0.3) is 10.2 Å². The Kier molecular flexibility index (Phi) is 4.11. The van der Waals surface area contributed by atoms with Gasteiger partial charge in [-0.1, -0.05) is 6.42 Å². The summed E-state index contributed by atoms with van der Waals surface area (Å²) in [5.41, 5.74) is 0. The first-order valence-electron chi connectivity index (χ1n) is 5.99. The fourth-order valence-electron chi connectivity index (χ4n) is 2.51. The minimum Gasteiger partial charge on any atom is -0.195 e.